The zero-order valence-electron chi connectivity index (χ0n) is 7.99. The summed E-state index contributed by atoms with van der Waals surface area (Å²) in [4.78, 5) is 0. The van der Waals surface area contributed by atoms with E-state index in [4.69, 9.17) is 4.74 Å². The van der Waals surface area contributed by atoms with E-state index in [-0.39, 0.29) is 12.4 Å². The Morgan fingerprint density at radius 1 is 1.62 bits per heavy atom. The molecule has 13 heavy (non-hydrogen) atoms. The Morgan fingerprint density at radius 2 is 2.31 bits per heavy atom. The molecule has 0 fully saturated rings. The lowest BCUT2D eigenvalue weighted by molar-refractivity contribution is 0.216. The number of rotatable bonds is 4. The molecule has 0 unspecified atom stereocenters. The molecule has 1 heterocycles. The number of nitrogens with zero attached hydrogens (tertiary/aromatic N) is 1. The molecule has 0 spiro atoms. The van der Waals surface area contributed by atoms with Crippen LogP contribution in [-0.2, 0) is 14.8 Å². The molecule has 0 bridgehead atoms. The van der Waals surface area contributed by atoms with Gasteiger partial charge in [0, 0.05) is 20.2 Å². The molecule has 0 atom stereocenters. The van der Waals surface area contributed by atoms with Crippen LogP contribution in [0.5, 0.6) is 0 Å². The SMILES string of the molecule is COCCS(=O)(=O)N1CC=C(C)C1. The van der Waals surface area contributed by atoms with Gasteiger partial charge in [0.05, 0.1) is 12.4 Å². The molecule has 1 aliphatic heterocycles. The first-order valence-corrected chi connectivity index (χ1v) is 5.79. The zero-order chi connectivity index (χ0) is 9.90. The molecule has 0 radical (unpaired) electrons. The second kappa shape index (κ2) is 4.21. The van der Waals surface area contributed by atoms with Gasteiger partial charge in [-0.1, -0.05) is 11.6 Å². The summed E-state index contributed by atoms with van der Waals surface area (Å²) in [6.45, 7) is 3.24. The second-order valence-corrected chi connectivity index (χ2v) is 5.24. The minimum atomic E-state index is -3.10. The molecule has 0 aromatic heterocycles. The quantitative estimate of drug-likeness (QED) is 0.617. The van der Waals surface area contributed by atoms with Crippen LogP contribution in [0.4, 0.5) is 0 Å². The lowest BCUT2D eigenvalue weighted by Gasteiger charge is -2.15. The lowest BCUT2D eigenvalue weighted by atomic mass is 10.3. The third-order valence-corrected chi connectivity index (χ3v) is 3.76. The van der Waals surface area contributed by atoms with Crippen molar-refractivity contribution in [2.24, 2.45) is 0 Å². The van der Waals surface area contributed by atoms with Gasteiger partial charge in [0.2, 0.25) is 10.0 Å². The Hall–Kier alpha value is -0.390. The van der Waals surface area contributed by atoms with E-state index in [2.05, 4.69) is 0 Å². The fourth-order valence-corrected chi connectivity index (χ4v) is 2.53. The van der Waals surface area contributed by atoms with Crippen LogP contribution >= 0.6 is 0 Å². The van der Waals surface area contributed by atoms with E-state index in [1.54, 1.807) is 0 Å². The molecule has 0 saturated carbocycles. The Morgan fingerprint density at radius 3 is 2.77 bits per heavy atom. The van der Waals surface area contributed by atoms with Gasteiger partial charge in [-0.3, -0.25) is 0 Å². The zero-order valence-corrected chi connectivity index (χ0v) is 8.80. The maximum absolute atomic E-state index is 11.5. The molecule has 0 aromatic carbocycles. The summed E-state index contributed by atoms with van der Waals surface area (Å²) in [5.41, 5.74) is 1.11. The van der Waals surface area contributed by atoms with Gasteiger partial charge in [0.15, 0.2) is 0 Å². The van der Waals surface area contributed by atoms with Crippen LogP contribution in [0.25, 0.3) is 0 Å². The summed E-state index contributed by atoms with van der Waals surface area (Å²) >= 11 is 0. The number of methoxy groups -OCH3 is 1. The third kappa shape index (κ3) is 2.79. The van der Waals surface area contributed by atoms with Gasteiger partial charge in [-0.2, -0.15) is 4.31 Å². The molecule has 4 nitrogen and oxygen atoms in total. The maximum Gasteiger partial charge on any atom is 0.216 e. The van der Waals surface area contributed by atoms with Crippen LogP contribution in [0, 0.1) is 0 Å². The molecular weight excluding hydrogens is 190 g/mol. The summed E-state index contributed by atoms with van der Waals surface area (Å²) in [6.07, 6.45) is 1.93. The molecule has 1 aliphatic rings. The van der Waals surface area contributed by atoms with Crippen LogP contribution in [-0.4, -0.2) is 45.3 Å². The highest BCUT2D eigenvalue weighted by Crippen LogP contribution is 2.12. The van der Waals surface area contributed by atoms with Crippen molar-refractivity contribution in [3.63, 3.8) is 0 Å². The first-order valence-electron chi connectivity index (χ1n) is 4.18. The minimum Gasteiger partial charge on any atom is -0.384 e. The first kappa shape index (κ1) is 10.7. The van der Waals surface area contributed by atoms with E-state index in [9.17, 15) is 8.42 Å². The number of hydrogen-bond donors (Lipinski definition) is 0. The molecule has 1 rings (SSSR count). The summed E-state index contributed by atoms with van der Waals surface area (Å²) < 4.78 is 29.3. The van der Waals surface area contributed by atoms with Crippen molar-refractivity contribution in [3.05, 3.63) is 11.6 Å². The van der Waals surface area contributed by atoms with E-state index in [1.165, 1.54) is 11.4 Å². The van der Waals surface area contributed by atoms with Crippen molar-refractivity contribution in [1.82, 2.24) is 4.31 Å². The number of sulfonamides is 1. The molecule has 0 saturated heterocycles. The standard InChI is InChI=1S/C8H15NO3S/c1-8-3-4-9(7-8)13(10,11)6-5-12-2/h3H,4-7H2,1-2H3. The highest BCUT2D eigenvalue weighted by atomic mass is 32.2. The average molecular weight is 205 g/mol. The van der Waals surface area contributed by atoms with Crippen molar-refractivity contribution >= 4 is 10.0 Å². The van der Waals surface area contributed by atoms with Crippen molar-refractivity contribution in [2.75, 3.05) is 32.6 Å². The highest BCUT2D eigenvalue weighted by Gasteiger charge is 2.23. The number of hydrogen-bond acceptors (Lipinski definition) is 3. The normalized spacial score (nSPS) is 19.1. The smallest absolute Gasteiger partial charge is 0.216 e. The fourth-order valence-electron chi connectivity index (χ4n) is 1.19. The molecule has 0 amide bonds. The Bertz CT molecular complexity index is 295. The van der Waals surface area contributed by atoms with Crippen molar-refractivity contribution in [1.29, 1.82) is 0 Å². The lowest BCUT2D eigenvalue weighted by Crippen LogP contribution is -2.32. The summed E-state index contributed by atoms with van der Waals surface area (Å²) in [7, 11) is -1.60. The molecule has 5 heteroatoms. The largest absolute Gasteiger partial charge is 0.384 e. The summed E-state index contributed by atoms with van der Waals surface area (Å²) in [5, 5.41) is 0. The Labute approximate surface area is 79.2 Å². The van der Waals surface area contributed by atoms with E-state index in [1.807, 2.05) is 13.0 Å². The van der Waals surface area contributed by atoms with Gasteiger partial charge in [-0.05, 0) is 6.92 Å². The predicted octanol–water partition coefficient (Wildman–Crippen LogP) is 0.225. The monoisotopic (exact) mass is 205 g/mol. The van der Waals surface area contributed by atoms with Gasteiger partial charge in [0.25, 0.3) is 0 Å². The van der Waals surface area contributed by atoms with Gasteiger partial charge in [-0.25, -0.2) is 8.42 Å². The van der Waals surface area contributed by atoms with Gasteiger partial charge < -0.3 is 4.74 Å². The second-order valence-electron chi connectivity index (χ2n) is 3.15. The minimum absolute atomic E-state index is 0.0740. The topological polar surface area (TPSA) is 46.6 Å². The molecule has 76 valence electrons. The summed E-state index contributed by atoms with van der Waals surface area (Å²) in [6, 6.07) is 0. The predicted molar refractivity (Wildman–Crippen MR) is 51.0 cm³/mol. The van der Waals surface area contributed by atoms with Crippen molar-refractivity contribution in [2.45, 2.75) is 6.92 Å². The maximum atomic E-state index is 11.5. The first-order chi connectivity index (χ1) is 6.06. The molecule has 0 aliphatic carbocycles. The molecular formula is C8H15NO3S. The van der Waals surface area contributed by atoms with Gasteiger partial charge in [0.1, 0.15) is 0 Å². The van der Waals surface area contributed by atoms with E-state index in [0.29, 0.717) is 13.1 Å². The fraction of sp³-hybridized carbons (Fsp3) is 0.750. The van der Waals surface area contributed by atoms with E-state index >= 15 is 0 Å². The number of ether oxygens (including phenoxy) is 1. The Kier molecular flexibility index (Phi) is 3.47. The van der Waals surface area contributed by atoms with Crippen molar-refractivity contribution < 1.29 is 13.2 Å². The van der Waals surface area contributed by atoms with Crippen LogP contribution in [0.3, 0.4) is 0 Å². The molecule has 0 aromatic rings. The average Bonchev–Trinajstić information content (AvgIpc) is 2.49. The Balaban J connectivity index is 2.52. The highest BCUT2D eigenvalue weighted by molar-refractivity contribution is 7.89. The van der Waals surface area contributed by atoms with Crippen LogP contribution < -0.4 is 0 Å². The van der Waals surface area contributed by atoms with Crippen LogP contribution in [0.15, 0.2) is 11.6 Å². The van der Waals surface area contributed by atoms with Gasteiger partial charge >= 0.3 is 0 Å². The summed E-state index contributed by atoms with van der Waals surface area (Å²) in [5.74, 6) is 0.0740. The molecule has 0 N–H and O–H groups in total. The van der Waals surface area contributed by atoms with E-state index in [0.717, 1.165) is 5.57 Å². The van der Waals surface area contributed by atoms with E-state index < -0.39 is 10.0 Å². The van der Waals surface area contributed by atoms with Crippen LogP contribution in [0.1, 0.15) is 6.92 Å². The van der Waals surface area contributed by atoms with Gasteiger partial charge in [-0.15, -0.1) is 0 Å². The third-order valence-electron chi connectivity index (χ3n) is 2.01. The van der Waals surface area contributed by atoms with Crippen molar-refractivity contribution in [3.8, 4) is 0 Å². The van der Waals surface area contributed by atoms with Crippen LogP contribution in [0.2, 0.25) is 0 Å².